The van der Waals surface area contributed by atoms with Crippen molar-refractivity contribution in [3.8, 4) is 0 Å². The summed E-state index contributed by atoms with van der Waals surface area (Å²) in [4.78, 5) is 10.8. The van der Waals surface area contributed by atoms with Crippen molar-refractivity contribution in [1.29, 1.82) is 0 Å². The highest BCUT2D eigenvalue weighted by atomic mass is 35.5. The van der Waals surface area contributed by atoms with Gasteiger partial charge < -0.3 is 10.0 Å². The first-order valence-electron chi connectivity index (χ1n) is 7.87. The van der Waals surface area contributed by atoms with E-state index in [-0.39, 0.29) is 6.47 Å². The Morgan fingerprint density at radius 1 is 1.27 bits per heavy atom. The minimum absolute atomic E-state index is 0.250. The van der Waals surface area contributed by atoms with Gasteiger partial charge in [0.15, 0.2) is 0 Å². The van der Waals surface area contributed by atoms with Crippen LogP contribution in [0.3, 0.4) is 0 Å². The fourth-order valence-electron chi connectivity index (χ4n) is 3.53. The normalized spacial score (nSPS) is 17.4. The van der Waals surface area contributed by atoms with Crippen LogP contribution in [0, 0.1) is 5.92 Å². The average molecular weight is 326 g/mol. The van der Waals surface area contributed by atoms with Gasteiger partial charge in [-0.3, -0.25) is 4.79 Å². The highest BCUT2D eigenvalue weighted by Crippen LogP contribution is 2.49. The van der Waals surface area contributed by atoms with E-state index in [0.29, 0.717) is 11.5 Å². The van der Waals surface area contributed by atoms with E-state index in [1.165, 1.54) is 31.2 Å². The van der Waals surface area contributed by atoms with Crippen molar-refractivity contribution in [3.05, 3.63) is 34.9 Å². The number of nitrogens with zero attached hydrogens (tertiary/aromatic N) is 1. The Kier molecular flexibility index (Phi) is 7.37. The number of halogens is 1. The molecule has 1 fully saturated rings. The van der Waals surface area contributed by atoms with E-state index in [9.17, 15) is 0 Å². The highest BCUT2D eigenvalue weighted by Gasteiger charge is 2.46. The number of hydrogen-bond acceptors (Lipinski definition) is 2. The zero-order chi connectivity index (χ0) is 16.8. The molecule has 0 radical (unpaired) electrons. The van der Waals surface area contributed by atoms with Crippen molar-refractivity contribution in [1.82, 2.24) is 4.90 Å². The van der Waals surface area contributed by atoms with Gasteiger partial charge in [0.2, 0.25) is 0 Å². The number of carboxylic acid groups (broad SMARTS) is 1. The van der Waals surface area contributed by atoms with Gasteiger partial charge in [0.05, 0.1) is 0 Å². The number of benzene rings is 1. The molecule has 0 saturated heterocycles. The predicted octanol–water partition coefficient (Wildman–Crippen LogP) is 4.44. The molecule has 1 aliphatic rings. The second-order valence-corrected chi connectivity index (χ2v) is 7.17. The van der Waals surface area contributed by atoms with E-state index in [1.54, 1.807) is 0 Å². The number of carbonyl (C=O) groups is 1. The van der Waals surface area contributed by atoms with E-state index in [0.717, 1.165) is 10.9 Å². The van der Waals surface area contributed by atoms with Crippen molar-refractivity contribution in [2.75, 3.05) is 14.1 Å². The van der Waals surface area contributed by atoms with Crippen LogP contribution in [0.2, 0.25) is 5.02 Å². The van der Waals surface area contributed by atoms with Gasteiger partial charge in [0, 0.05) is 16.5 Å². The molecule has 4 heteroatoms. The fourth-order valence-corrected chi connectivity index (χ4v) is 3.66. The van der Waals surface area contributed by atoms with Crippen LogP contribution in [0.5, 0.6) is 0 Å². The minimum Gasteiger partial charge on any atom is -0.483 e. The van der Waals surface area contributed by atoms with E-state index in [1.807, 2.05) is 12.1 Å². The second-order valence-electron chi connectivity index (χ2n) is 6.73. The molecular formula is C18H28ClNO2. The molecule has 3 nitrogen and oxygen atoms in total. The summed E-state index contributed by atoms with van der Waals surface area (Å²) in [5.74, 6) is 0.733. The lowest BCUT2D eigenvalue weighted by atomic mass is 9.58. The molecule has 0 bridgehead atoms. The molecule has 0 heterocycles. The molecular weight excluding hydrogens is 298 g/mol. The van der Waals surface area contributed by atoms with Crippen LogP contribution in [0.4, 0.5) is 0 Å². The summed E-state index contributed by atoms with van der Waals surface area (Å²) in [5.41, 5.74) is 1.82. The zero-order valence-electron chi connectivity index (χ0n) is 14.1. The van der Waals surface area contributed by atoms with Crippen molar-refractivity contribution in [2.45, 2.75) is 51.0 Å². The zero-order valence-corrected chi connectivity index (χ0v) is 14.8. The van der Waals surface area contributed by atoms with E-state index in [4.69, 9.17) is 21.5 Å². The summed E-state index contributed by atoms with van der Waals surface area (Å²) >= 11 is 6.04. The molecule has 1 aliphatic carbocycles. The van der Waals surface area contributed by atoms with Crippen LogP contribution >= 0.6 is 11.6 Å². The van der Waals surface area contributed by atoms with Crippen molar-refractivity contribution in [2.24, 2.45) is 5.92 Å². The lowest BCUT2D eigenvalue weighted by Gasteiger charge is -2.51. The second kappa shape index (κ2) is 8.54. The van der Waals surface area contributed by atoms with Gasteiger partial charge in [-0.15, -0.1) is 0 Å². The van der Waals surface area contributed by atoms with Crippen molar-refractivity contribution >= 4 is 18.1 Å². The van der Waals surface area contributed by atoms with Gasteiger partial charge in [-0.2, -0.15) is 0 Å². The van der Waals surface area contributed by atoms with Crippen molar-refractivity contribution < 1.29 is 9.90 Å². The molecule has 1 unspecified atom stereocenters. The fraction of sp³-hybridized carbons (Fsp3) is 0.611. The molecule has 22 heavy (non-hydrogen) atoms. The largest absolute Gasteiger partial charge is 0.483 e. The van der Waals surface area contributed by atoms with Crippen LogP contribution in [0.25, 0.3) is 0 Å². The maximum Gasteiger partial charge on any atom is 0.290 e. The average Bonchev–Trinajstić information content (AvgIpc) is 2.39. The lowest BCUT2D eigenvalue weighted by Crippen LogP contribution is -2.52. The van der Waals surface area contributed by atoms with Gasteiger partial charge in [-0.05, 0) is 57.0 Å². The van der Waals surface area contributed by atoms with E-state index >= 15 is 0 Å². The van der Waals surface area contributed by atoms with Gasteiger partial charge in [0.25, 0.3) is 6.47 Å². The molecule has 2 rings (SSSR count). The number of rotatable bonds is 5. The SMILES string of the molecule is CC(C)CC(N(C)C)C1(c2ccc(Cl)cc2)CCC1.O=CO. The van der Waals surface area contributed by atoms with E-state index < -0.39 is 0 Å². The molecule has 124 valence electrons. The third-order valence-corrected chi connectivity index (χ3v) is 4.87. The molecule has 1 saturated carbocycles. The van der Waals surface area contributed by atoms with Crippen LogP contribution in [0.1, 0.15) is 45.1 Å². The summed E-state index contributed by atoms with van der Waals surface area (Å²) in [6, 6.07) is 9.18. The predicted molar refractivity (Wildman–Crippen MR) is 92.6 cm³/mol. The maximum absolute atomic E-state index is 8.36. The first kappa shape index (κ1) is 19.0. The van der Waals surface area contributed by atoms with Crippen LogP contribution in [0.15, 0.2) is 24.3 Å². The minimum atomic E-state index is -0.250. The standard InChI is InChI=1S/C17H26ClN.CH2O2/c1-13(2)12-16(19(3)4)17(10-5-11-17)14-6-8-15(18)9-7-14;2-1-3/h6-9,13,16H,5,10-12H2,1-4H3;1H,(H,2,3). The molecule has 1 aromatic carbocycles. The molecule has 0 spiro atoms. The molecule has 0 amide bonds. The highest BCUT2D eigenvalue weighted by molar-refractivity contribution is 6.30. The summed E-state index contributed by atoms with van der Waals surface area (Å²) < 4.78 is 0. The van der Waals surface area contributed by atoms with Gasteiger partial charge in [0.1, 0.15) is 0 Å². The van der Waals surface area contributed by atoms with Gasteiger partial charge in [-0.25, -0.2) is 0 Å². The summed E-state index contributed by atoms with van der Waals surface area (Å²) in [5, 5.41) is 7.73. The number of likely N-dealkylation sites (N-methyl/N-ethyl adjacent to an activating group) is 1. The smallest absolute Gasteiger partial charge is 0.290 e. The molecule has 1 aromatic rings. The van der Waals surface area contributed by atoms with Crippen LogP contribution in [-0.2, 0) is 10.2 Å². The van der Waals surface area contributed by atoms with E-state index in [2.05, 4.69) is 45.0 Å². The van der Waals surface area contributed by atoms with Gasteiger partial charge >= 0.3 is 0 Å². The monoisotopic (exact) mass is 325 g/mol. The summed E-state index contributed by atoms with van der Waals surface area (Å²) in [6.45, 7) is 4.40. The Hall–Kier alpha value is -1.06. The number of hydrogen-bond donors (Lipinski definition) is 1. The lowest BCUT2D eigenvalue weighted by molar-refractivity contribution is -0.122. The van der Waals surface area contributed by atoms with Crippen molar-refractivity contribution in [3.63, 3.8) is 0 Å². The third-order valence-electron chi connectivity index (χ3n) is 4.62. The molecule has 1 N–H and O–H groups in total. The third kappa shape index (κ3) is 4.47. The Balaban J connectivity index is 0.000000745. The summed E-state index contributed by atoms with van der Waals surface area (Å²) in [7, 11) is 4.45. The van der Waals surface area contributed by atoms with Crippen LogP contribution in [-0.4, -0.2) is 36.6 Å². The Morgan fingerprint density at radius 2 is 1.77 bits per heavy atom. The molecule has 0 aliphatic heterocycles. The molecule has 0 aromatic heterocycles. The first-order chi connectivity index (χ1) is 10.4. The summed E-state index contributed by atoms with van der Waals surface area (Å²) in [6.07, 6.45) is 5.23. The molecule has 1 atom stereocenters. The topological polar surface area (TPSA) is 40.5 Å². The van der Waals surface area contributed by atoms with Gasteiger partial charge in [-0.1, -0.05) is 44.0 Å². The Labute approximate surface area is 139 Å². The Morgan fingerprint density at radius 3 is 2.09 bits per heavy atom. The van der Waals surface area contributed by atoms with Crippen LogP contribution < -0.4 is 0 Å². The quantitative estimate of drug-likeness (QED) is 0.814. The Bertz CT molecular complexity index is 453. The first-order valence-corrected chi connectivity index (χ1v) is 8.25. The maximum atomic E-state index is 8.36.